The van der Waals surface area contributed by atoms with Crippen molar-refractivity contribution in [3.8, 4) is 0 Å². The topological polar surface area (TPSA) is 50.3 Å². The molecule has 1 aliphatic rings. The Bertz CT molecular complexity index is 596. The van der Waals surface area contributed by atoms with Gasteiger partial charge in [-0.05, 0) is 24.6 Å². The minimum Gasteiger partial charge on any atom is -0.394 e. The standard InChI is InChI=1S/C15H21N5/c1-12-4-3-5-13(10-12)19-6-8-20(9-7-19)15-14(16)11-18(2)17-15/h3-5,10-11H,6-9,16H2,1-2H3. The molecule has 5 nitrogen and oxygen atoms in total. The van der Waals surface area contributed by atoms with Gasteiger partial charge in [-0.25, -0.2) is 0 Å². The Hall–Kier alpha value is -2.17. The third-order valence-corrected chi connectivity index (χ3v) is 3.78. The van der Waals surface area contributed by atoms with E-state index in [1.807, 2.05) is 13.2 Å². The monoisotopic (exact) mass is 271 g/mol. The highest BCUT2D eigenvalue weighted by atomic mass is 15.4. The van der Waals surface area contributed by atoms with Crippen molar-refractivity contribution in [1.29, 1.82) is 0 Å². The van der Waals surface area contributed by atoms with Crippen LogP contribution >= 0.6 is 0 Å². The first-order chi connectivity index (χ1) is 9.63. The Morgan fingerprint density at radius 2 is 1.80 bits per heavy atom. The van der Waals surface area contributed by atoms with Gasteiger partial charge in [0.05, 0.1) is 5.69 Å². The van der Waals surface area contributed by atoms with Crippen molar-refractivity contribution < 1.29 is 0 Å². The minimum atomic E-state index is 0.761. The van der Waals surface area contributed by atoms with Gasteiger partial charge < -0.3 is 15.5 Å². The summed E-state index contributed by atoms with van der Waals surface area (Å²) in [4.78, 5) is 4.68. The quantitative estimate of drug-likeness (QED) is 0.902. The van der Waals surface area contributed by atoms with Crippen molar-refractivity contribution in [1.82, 2.24) is 9.78 Å². The summed E-state index contributed by atoms with van der Waals surface area (Å²) in [5, 5.41) is 4.44. The Labute approximate surface area is 119 Å². The number of aromatic nitrogens is 2. The van der Waals surface area contributed by atoms with Crippen LogP contribution in [0.15, 0.2) is 30.5 Å². The van der Waals surface area contributed by atoms with E-state index in [9.17, 15) is 0 Å². The van der Waals surface area contributed by atoms with Crippen LogP contribution < -0.4 is 15.5 Å². The van der Waals surface area contributed by atoms with E-state index in [2.05, 4.69) is 46.1 Å². The van der Waals surface area contributed by atoms with Gasteiger partial charge in [0.2, 0.25) is 0 Å². The lowest BCUT2D eigenvalue weighted by molar-refractivity contribution is 0.639. The number of nitrogen functional groups attached to an aromatic ring is 1. The highest BCUT2D eigenvalue weighted by Gasteiger charge is 2.20. The molecular weight excluding hydrogens is 250 g/mol. The highest BCUT2D eigenvalue weighted by Crippen LogP contribution is 2.24. The number of piperazine rings is 1. The van der Waals surface area contributed by atoms with Crippen molar-refractivity contribution >= 4 is 17.2 Å². The molecule has 0 radical (unpaired) electrons. The first kappa shape index (κ1) is 12.8. The number of benzene rings is 1. The summed E-state index contributed by atoms with van der Waals surface area (Å²) in [5.41, 5.74) is 9.37. The van der Waals surface area contributed by atoms with Crippen LogP contribution in [0.4, 0.5) is 17.2 Å². The van der Waals surface area contributed by atoms with Crippen LogP contribution in [0.25, 0.3) is 0 Å². The zero-order valence-corrected chi connectivity index (χ0v) is 12.1. The maximum atomic E-state index is 6.00. The zero-order chi connectivity index (χ0) is 14.1. The van der Waals surface area contributed by atoms with E-state index in [1.54, 1.807) is 4.68 Å². The van der Waals surface area contributed by atoms with Crippen molar-refractivity contribution in [2.24, 2.45) is 7.05 Å². The first-order valence-electron chi connectivity index (χ1n) is 6.99. The first-order valence-corrected chi connectivity index (χ1v) is 6.99. The molecule has 0 aliphatic carbocycles. The average Bonchev–Trinajstić information content (AvgIpc) is 2.78. The number of hydrogen-bond acceptors (Lipinski definition) is 4. The van der Waals surface area contributed by atoms with Crippen LogP contribution in [0, 0.1) is 6.92 Å². The molecule has 20 heavy (non-hydrogen) atoms. The normalized spacial score (nSPS) is 15.7. The van der Waals surface area contributed by atoms with Crippen molar-refractivity contribution in [3.05, 3.63) is 36.0 Å². The molecule has 2 N–H and O–H groups in total. The third kappa shape index (κ3) is 2.43. The molecule has 106 valence electrons. The molecule has 1 aromatic heterocycles. The van der Waals surface area contributed by atoms with E-state index in [-0.39, 0.29) is 0 Å². The molecule has 5 heteroatoms. The van der Waals surface area contributed by atoms with Gasteiger partial charge in [-0.2, -0.15) is 5.10 Å². The lowest BCUT2D eigenvalue weighted by Crippen LogP contribution is -2.47. The Kier molecular flexibility index (Phi) is 3.26. The molecule has 1 saturated heterocycles. The van der Waals surface area contributed by atoms with E-state index in [0.717, 1.165) is 37.7 Å². The predicted molar refractivity (Wildman–Crippen MR) is 83.2 cm³/mol. The number of aryl methyl sites for hydroxylation is 2. The highest BCUT2D eigenvalue weighted by molar-refractivity contribution is 5.62. The van der Waals surface area contributed by atoms with Gasteiger partial charge in [-0.15, -0.1) is 0 Å². The van der Waals surface area contributed by atoms with Crippen LogP contribution in [0.5, 0.6) is 0 Å². The van der Waals surface area contributed by atoms with Gasteiger partial charge in [-0.1, -0.05) is 12.1 Å². The Morgan fingerprint density at radius 1 is 1.10 bits per heavy atom. The summed E-state index contributed by atoms with van der Waals surface area (Å²) >= 11 is 0. The number of rotatable bonds is 2. The SMILES string of the molecule is Cc1cccc(N2CCN(c3nn(C)cc3N)CC2)c1. The molecule has 1 aromatic carbocycles. The fraction of sp³-hybridized carbons (Fsp3) is 0.400. The van der Waals surface area contributed by atoms with Crippen LogP contribution in [-0.4, -0.2) is 36.0 Å². The molecule has 2 heterocycles. The molecular formula is C15H21N5. The second-order valence-corrected chi connectivity index (χ2v) is 5.39. The summed E-state index contributed by atoms with van der Waals surface area (Å²) in [7, 11) is 1.91. The van der Waals surface area contributed by atoms with E-state index in [1.165, 1.54) is 11.3 Å². The van der Waals surface area contributed by atoms with Gasteiger partial charge >= 0.3 is 0 Å². The number of nitrogens with zero attached hydrogens (tertiary/aromatic N) is 4. The van der Waals surface area contributed by atoms with Gasteiger partial charge in [0.25, 0.3) is 0 Å². The molecule has 2 aromatic rings. The summed E-state index contributed by atoms with van der Waals surface area (Å²) in [5.74, 6) is 0.913. The van der Waals surface area contributed by atoms with E-state index in [0.29, 0.717) is 0 Å². The van der Waals surface area contributed by atoms with Crippen molar-refractivity contribution in [2.75, 3.05) is 41.7 Å². The van der Waals surface area contributed by atoms with Gasteiger partial charge in [0.15, 0.2) is 5.82 Å². The van der Waals surface area contributed by atoms with Gasteiger partial charge in [0, 0.05) is 45.1 Å². The van der Waals surface area contributed by atoms with Crippen molar-refractivity contribution in [3.63, 3.8) is 0 Å². The van der Waals surface area contributed by atoms with E-state index < -0.39 is 0 Å². The number of nitrogens with two attached hydrogens (primary N) is 1. The maximum absolute atomic E-state index is 6.00. The molecule has 0 saturated carbocycles. The second-order valence-electron chi connectivity index (χ2n) is 5.39. The van der Waals surface area contributed by atoms with Crippen LogP contribution in [0.1, 0.15) is 5.56 Å². The Balaban J connectivity index is 1.69. The summed E-state index contributed by atoms with van der Waals surface area (Å²) in [6, 6.07) is 8.67. The molecule has 3 rings (SSSR count). The molecule has 0 atom stereocenters. The van der Waals surface area contributed by atoms with Gasteiger partial charge in [0.1, 0.15) is 0 Å². The average molecular weight is 271 g/mol. The lowest BCUT2D eigenvalue weighted by atomic mass is 10.2. The molecule has 1 fully saturated rings. The summed E-state index contributed by atoms with van der Waals surface area (Å²) in [6.07, 6.45) is 1.86. The molecule has 1 aliphatic heterocycles. The summed E-state index contributed by atoms with van der Waals surface area (Å²) in [6.45, 7) is 6.04. The fourth-order valence-electron chi connectivity index (χ4n) is 2.74. The third-order valence-electron chi connectivity index (χ3n) is 3.78. The van der Waals surface area contributed by atoms with Crippen molar-refractivity contribution in [2.45, 2.75) is 6.92 Å². The van der Waals surface area contributed by atoms with E-state index in [4.69, 9.17) is 5.73 Å². The minimum absolute atomic E-state index is 0.761. The zero-order valence-electron chi connectivity index (χ0n) is 12.1. The number of anilines is 3. The second kappa shape index (κ2) is 5.07. The molecule has 0 spiro atoms. The largest absolute Gasteiger partial charge is 0.394 e. The van der Waals surface area contributed by atoms with Crippen LogP contribution in [-0.2, 0) is 7.05 Å². The van der Waals surface area contributed by atoms with Crippen LogP contribution in [0.2, 0.25) is 0 Å². The Morgan fingerprint density at radius 3 is 2.40 bits per heavy atom. The predicted octanol–water partition coefficient (Wildman–Crippen LogP) is 1.64. The maximum Gasteiger partial charge on any atom is 0.173 e. The molecule has 0 amide bonds. The van der Waals surface area contributed by atoms with Gasteiger partial charge in [-0.3, -0.25) is 4.68 Å². The van der Waals surface area contributed by atoms with E-state index >= 15 is 0 Å². The van der Waals surface area contributed by atoms with Crippen LogP contribution in [0.3, 0.4) is 0 Å². The molecule has 0 bridgehead atoms. The molecule has 0 unspecified atom stereocenters. The number of hydrogen-bond donors (Lipinski definition) is 1. The summed E-state index contributed by atoms with van der Waals surface area (Å²) < 4.78 is 1.78. The smallest absolute Gasteiger partial charge is 0.173 e. The fourth-order valence-corrected chi connectivity index (χ4v) is 2.74. The lowest BCUT2D eigenvalue weighted by Gasteiger charge is -2.36.